The summed E-state index contributed by atoms with van der Waals surface area (Å²) < 4.78 is 0. The quantitative estimate of drug-likeness (QED) is 0.694. The van der Waals surface area contributed by atoms with Crippen molar-refractivity contribution in [1.29, 1.82) is 0 Å². The Morgan fingerprint density at radius 3 is 2.67 bits per heavy atom. The molecule has 3 rings (SSSR count). The molecule has 1 N–H and O–H groups in total. The van der Waals surface area contributed by atoms with E-state index >= 15 is 0 Å². The van der Waals surface area contributed by atoms with Crippen LogP contribution in [0.15, 0.2) is 6.07 Å². The molecule has 1 saturated carbocycles. The molecule has 1 unspecified atom stereocenters. The van der Waals surface area contributed by atoms with E-state index in [1.807, 2.05) is 0 Å². The lowest BCUT2D eigenvalue weighted by Crippen LogP contribution is -2.29. The topological polar surface area (TPSA) is 12.0 Å². The molecular formula is C19H31NS. The molecule has 118 valence electrons. The van der Waals surface area contributed by atoms with Crippen LogP contribution in [-0.2, 0) is 12.8 Å². The highest BCUT2D eigenvalue weighted by atomic mass is 32.1. The van der Waals surface area contributed by atoms with Crippen molar-refractivity contribution >= 4 is 11.3 Å². The number of nitrogens with one attached hydrogen (secondary N) is 1. The predicted molar refractivity (Wildman–Crippen MR) is 93.2 cm³/mol. The SMILES string of the molecule is CCCNC(c1cc2c(s1)CCCCC2)C1CCCCC1. The first-order chi connectivity index (χ1) is 10.4. The molecule has 2 aliphatic rings. The van der Waals surface area contributed by atoms with Gasteiger partial charge in [0.25, 0.3) is 0 Å². The predicted octanol–water partition coefficient (Wildman–Crippen LogP) is 5.64. The summed E-state index contributed by atoms with van der Waals surface area (Å²) in [6.45, 7) is 3.46. The molecule has 2 heteroatoms. The van der Waals surface area contributed by atoms with Gasteiger partial charge in [-0.2, -0.15) is 0 Å². The lowest BCUT2D eigenvalue weighted by atomic mass is 9.83. The Hall–Kier alpha value is -0.340. The molecule has 2 aliphatic carbocycles. The zero-order valence-electron chi connectivity index (χ0n) is 13.6. The fourth-order valence-electron chi connectivity index (χ4n) is 4.11. The average molecular weight is 306 g/mol. The van der Waals surface area contributed by atoms with Crippen LogP contribution in [0.3, 0.4) is 0 Å². The van der Waals surface area contributed by atoms with Gasteiger partial charge < -0.3 is 5.32 Å². The fraction of sp³-hybridized carbons (Fsp3) is 0.789. The van der Waals surface area contributed by atoms with Crippen LogP contribution in [0.25, 0.3) is 0 Å². The maximum Gasteiger partial charge on any atom is 0.0443 e. The van der Waals surface area contributed by atoms with Crippen molar-refractivity contribution in [1.82, 2.24) is 5.32 Å². The van der Waals surface area contributed by atoms with Crippen LogP contribution < -0.4 is 5.32 Å². The first-order valence-corrected chi connectivity index (χ1v) is 10.0. The van der Waals surface area contributed by atoms with Crippen LogP contribution in [0.1, 0.15) is 86.1 Å². The van der Waals surface area contributed by atoms with Crippen molar-refractivity contribution in [2.24, 2.45) is 5.92 Å². The van der Waals surface area contributed by atoms with Gasteiger partial charge in [0.05, 0.1) is 0 Å². The monoisotopic (exact) mass is 305 g/mol. The molecule has 0 saturated heterocycles. The van der Waals surface area contributed by atoms with E-state index in [0.29, 0.717) is 6.04 Å². The summed E-state index contributed by atoms with van der Waals surface area (Å²) in [7, 11) is 0. The Bertz CT molecular complexity index is 407. The third-order valence-electron chi connectivity index (χ3n) is 5.31. The summed E-state index contributed by atoms with van der Waals surface area (Å²) >= 11 is 2.14. The highest BCUT2D eigenvalue weighted by Crippen LogP contribution is 2.39. The Balaban J connectivity index is 1.78. The number of aryl methyl sites for hydroxylation is 2. The van der Waals surface area contributed by atoms with Crippen LogP contribution in [0.2, 0.25) is 0 Å². The standard InChI is InChI=1S/C19H31NS/c1-2-13-20-19(15-9-5-3-6-10-15)18-14-16-11-7-4-8-12-17(16)21-18/h14-15,19-20H,2-13H2,1H3. The van der Waals surface area contributed by atoms with Crippen LogP contribution in [0.4, 0.5) is 0 Å². The van der Waals surface area contributed by atoms with Crippen LogP contribution in [0, 0.1) is 5.92 Å². The van der Waals surface area contributed by atoms with E-state index in [1.54, 1.807) is 15.3 Å². The average Bonchev–Trinajstić information content (AvgIpc) is 2.79. The van der Waals surface area contributed by atoms with Gasteiger partial charge in [-0.3, -0.25) is 0 Å². The number of fused-ring (bicyclic) bond motifs is 1. The van der Waals surface area contributed by atoms with E-state index in [9.17, 15) is 0 Å². The highest BCUT2D eigenvalue weighted by molar-refractivity contribution is 7.12. The minimum atomic E-state index is 0.641. The van der Waals surface area contributed by atoms with Gasteiger partial charge in [-0.25, -0.2) is 0 Å². The Morgan fingerprint density at radius 2 is 1.86 bits per heavy atom. The lowest BCUT2D eigenvalue weighted by Gasteiger charge is -2.30. The van der Waals surface area contributed by atoms with E-state index in [0.717, 1.165) is 5.92 Å². The van der Waals surface area contributed by atoms with Gasteiger partial charge in [0, 0.05) is 15.8 Å². The van der Waals surface area contributed by atoms with Gasteiger partial charge in [-0.1, -0.05) is 32.6 Å². The molecule has 1 aromatic rings. The molecule has 21 heavy (non-hydrogen) atoms. The molecule has 1 fully saturated rings. The molecule has 0 radical (unpaired) electrons. The second kappa shape index (κ2) is 7.78. The van der Waals surface area contributed by atoms with E-state index in [4.69, 9.17) is 0 Å². The van der Waals surface area contributed by atoms with Gasteiger partial charge in [-0.05, 0) is 69.0 Å². The summed E-state index contributed by atoms with van der Waals surface area (Å²) in [6.07, 6.45) is 15.4. The van der Waals surface area contributed by atoms with Crippen LogP contribution in [-0.4, -0.2) is 6.54 Å². The molecule has 1 heterocycles. The van der Waals surface area contributed by atoms with E-state index in [2.05, 4.69) is 29.6 Å². The summed E-state index contributed by atoms with van der Waals surface area (Å²) in [6, 6.07) is 3.22. The fourth-order valence-corrected chi connectivity index (χ4v) is 5.54. The molecule has 0 bridgehead atoms. The largest absolute Gasteiger partial charge is 0.309 e. The van der Waals surface area contributed by atoms with Crippen molar-refractivity contribution in [3.8, 4) is 0 Å². The van der Waals surface area contributed by atoms with Crippen molar-refractivity contribution in [3.05, 3.63) is 21.4 Å². The van der Waals surface area contributed by atoms with Crippen molar-refractivity contribution in [2.75, 3.05) is 6.54 Å². The number of rotatable bonds is 5. The van der Waals surface area contributed by atoms with E-state index < -0.39 is 0 Å². The van der Waals surface area contributed by atoms with Crippen LogP contribution in [0.5, 0.6) is 0 Å². The van der Waals surface area contributed by atoms with Gasteiger partial charge >= 0.3 is 0 Å². The minimum Gasteiger partial charge on any atom is -0.309 e. The van der Waals surface area contributed by atoms with E-state index in [-0.39, 0.29) is 0 Å². The summed E-state index contributed by atoms with van der Waals surface area (Å²) in [4.78, 5) is 3.36. The smallest absolute Gasteiger partial charge is 0.0443 e. The number of hydrogen-bond donors (Lipinski definition) is 1. The van der Waals surface area contributed by atoms with Crippen molar-refractivity contribution in [2.45, 2.75) is 83.6 Å². The Labute approximate surface area is 134 Å². The van der Waals surface area contributed by atoms with E-state index in [1.165, 1.54) is 77.2 Å². The summed E-state index contributed by atoms with van der Waals surface area (Å²) in [5, 5.41) is 3.89. The molecule has 1 aromatic heterocycles. The molecule has 1 atom stereocenters. The van der Waals surface area contributed by atoms with Gasteiger partial charge in [0.1, 0.15) is 0 Å². The lowest BCUT2D eigenvalue weighted by molar-refractivity contribution is 0.274. The summed E-state index contributed by atoms with van der Waals surface area (Å²) in [5.74, 6) is 0.882. The molecule has 0 aromatic carbocycles. The molecule has 0 spiro atoms. The molecule has 0 amide bonds. The maximum absolute atomic E-state index is 3.89. The van der Waals surface area contributed by atoms with Crippen molar-refractivity contribution < 1.29 is 0 Å². The first-order valence-electron chi connectivity index (χ1n) is 9.23. The number of hydrogen-bond acceptors (Lipinski definition) is 2. The zero-order chi connectivity index (χ0) is 14.5. The highest BCUT2D eigenvalue weighted by Gasteiger charge is 2.27. The molecule has 0 aliphatic heterocycles. The normalized spacial score (nSPS) is 21.8. The third kappa shape index (κ3) is 3.90. The maximum atomic E-state index is 3.89. The second-order valence-electron chi connectivity index (χ2n) is 6.99. The van der Waals surface area contributed by atoms with Gasteiger partial charge in [0.2, 0.25) is 0 Å². The number of thiophene rings is 1. The second-order valence-corrected chi connectivity index (χ2v) is 8.16. The third-order valence-corrected chi connectivity index (χ3v) is 6.63. The van der Waals surface area contributed by atoms with Crippen molar-refractivity contribution in [3.63, 3.8) is 0 Å². The van der Waals surface area contributed by atoms with Gasteiger partial charge in [-0.15, -0.1) is 11.3 Å². The molecular weight excluding hydrogens is 274 g/mol. The zero-order valence-corrected chi connectivity index (χ0v) is 14.4. The summed E-state index contributed by atoms with van der Waals surface area (Å²) in [5.41, 5.74) is 1.69. The molecule has 1 nitrogen and oxygen atoms in total. The minimum absolute atomic E-state index is 0.641. The van der Waals surface area contributed by atoms with Crippen LogP contribution >= 0.6 is 11.3 Å². The Morgan fingerprint density at radius 1 is 1.10 bits per heavy atom. The first kappa shape index (κ1) is 15.6. The van der Waals surface area contributed by atoms with Gasteiger partial charge in [0.15, 0.2) is 0 Å². The Kier molecular flexibility index (Phi) is 5.76.